The molecule has 0 saturated carbocycles. The molecule has 5 N–H and O–H groups in total. The Labute approximate surface area is 221 Å². The molecule has 10 nitrogen and oxygen atoms in total. The van der Waals surface area contributed by atoms with Crippen LogP contribution in [0.2, 0.25) is 0 Å². The van der Waals surface area contributed by atoms with Gasteiger partial charge in [0, 0.05) is 18.9 Å². The highest BCUT2D eigenvalue weighted by atomic mass is 16.6. The van der Waals surface area contributed by atoms with Gasteiger partial charge in [-0.2, -0.15) is 0 Å². The molecule has 2 fully saturated rings. The lowest BCUT2D eigenvalue weighted by atomic mass is 9.95. The van der Waals surface area contributed by atoms with Gasteiger partial charge in [-0.3, -0.25) is 14.4 Å². The average molecular weight is 525 g/mol. The van der Waals surface area contributed by atoms with Gasteiger partial charge in [0.2, 0.25) is 17.7 Å². The Kier molecular flexibility index (Phi) is 8.83. The molecule has 2 aliphatic heterocycles. The molecule has 2 heterocycles. The summed E-state index contributed by atoms with van der Waals surface area (Å²) in [5, 5.41) is 22.3. The molecule has 2 unspecified atom stereocenters. The summed E-state index contributed by atoms with van der Waals surface area (Å²) in [5.74, 6) is -1.06. The first-order chi connectivity index (χ1) is 18.2. The number of amides is 4. The second kappa shape index (κ2) is 12.3. The van der Waals surface area contributed by atoms with Crippen molar-refractivity contribution < 1.29 is 29.0 Å². The van der Waals surface area contributed by atoms with Crippen molar-refractivity contribution in [2.75, 3.05) is 13.2 Å². The minimum absolute atomic E-state index is 0.0204. The summed E-state index contributed by atoms with van der Waals surface area (Å²) >= 11 is 0. The standard InChI is InChI=1S/C28H36N4O6/c1-16(2)12-22(26(34)30-21(24-15-38-24)14-19-10-11-29-25(19)33)31-27(35)23(32-28(36)37)13-18-8-5-7-17-6-3-4-9-20(17)18/h3-9,16,19,21-24,32H,10-15H2,1-2H3,(H,29,33)(H,30,34)(H,31,35)(H,36,37)/t19?,21-,22-,23-,24?/m0/s1. The van der Waals surface area contributed by atoms with E-state index < -0.39 is 24.1 Å². The second-order valence-corrected chi connectivity index (χ2v) is 10.5. The number of epoxide rings is 1. The molecule has 0 spiro atoms. The van der Waals surface area contributed by atoms with Crippen molar-refractivity contribution in [1.82, 2.24) is 21.3 Å². The summed E-state index contributed by atoms with van der Waals surface area (Å²) in [7, 11) is 0. The minimum atomic E-state index is -1.32. The molecular weight excluding hydrogens is 488 g/mol. The number of hydrogen-bond acceptors (Lipinski definition) is 5. The van der Waals surface area contributed by atoms with E-state index in [1.165, 1.54) is 0 Å². The van der Waals surface area contributed by atoms with Gasteiger partial charge in [0.1, 0.15) is 18.2 Å². The molecule has 2 aromatic carbocycles. The molecule has 0 bridgehead atoms. The molecule has 2 aliphatic rings. The fraction of sp³-hybridized carbons (Fsp3) is 0.500. The van der Waals surface area contributed by atoms with E-state index >= 15 is 0 Å². The van der Waals surface area contributed by atoms with Crippen LogP contribution < -0.4 is 21.3 Å². The maximum atomic E-state index is 13.4. The molecule has 0 radical (unpaired) electrons. The van der Waals surface area contributed by atoms with Crippen molar-refractivity contribution in [1.29, 1.82) is 0 Å². The zero-order chi connectivity index (χ0) is 27.2. The van der Waals surface area contributed by atoms with E-state index in [-0.39, 0.29) is 42.2 Å². The van der Waals surface area contributed by atoms with Crippen LogP contribution in [0.25, 0.3) is 10.8 Å². The Morgan fingerprint density at radius 3 is 2.39 bits per heavy atom. The number of ether oxygens (including phenoxy) is 1. The third kappa shape index (κ3) is 7.22. The van der Waals surface area contributed by atoms with Gasteiger partial charge in [-0.1, -0.05) is 56.3 Å². The minimum Gasteiger partial charge on any atom is -0.465 e. The maximum Gasteiger partial charge on any atom is 0.405 e. The first-order valence-corrected chi connectivity index (χ1v) is 13.2. The fourth-order valence-electron chi connectivity index (χ4n) is 5.08. The predicted octanol–water partition coefficient (Wildman–Crippen LogP) is 1.96. The topological polar surface area (TPSA) is 149 Å². The van der Waals surface area contributed by atoms with Gasteiger partial charge in [0.05, 0.1) is 12.6 Å². The highest BCUT2D eigenvalue weighted by molar-refractivity contribution is 5.92. The Bertz CT molecular complexity index is 1180. The zero-order valence-corrected chi connectivity index (χ0v) is 21.7. The Hall–Kier alpha value is -3.66. The summed E-state index contributed by atoms with van der Waals surface area (Å²) < 4.78 is 5.43. The maximum absolute atomic E-state index is 13.4. The summed E-state index contributed by atoms with van der Waals surface area (Å²) in [5.41, 5.74) is 0.822. The normalized spacial score (nSPS) is 20.9. The van der Waals surface area contributed by atoms with Crippen molar-refractivity contribution in [2.24, 2.45) is 11.8 Å². The van der Waals surface area contributed by atoms with E-state index in [0.717, 1.165) is 16.3 Å². The number of carboxylic acid groups (broad SMARTS) is 1. The quantitative estimate of drug-likeness (QED) is 0.268. The van der Waals surface area contributed by atoms with Gasteiger partial charge in [-0.15, -0.1) is 0 Å². The zero-order valence-electron chi connectivity index (χ0n) is 21.7. The Balaban J connectivity index is 1.47. The highest BCUT2D eigenvalue weighted by Gasteiger charge is 2.39. The molecule has 0 aromatic heterocycles. The molecule has 38 heavy (non-hydrogen) atoms. The SMILES string of the molecule is CC(C)C[C@H](NC(=O)[C@H](Cc1cccc2ccccc12)NC(=O)O)C(=O)N[C@@H](CC1CCNC1=O)C1CO1. The van der Waals surface area contributed by atoms with Gasteiger partial charge in [0.25, 0.3) is 0 Å². The first-order valence-electron chi connectivity index (χ1n) is 13.2. The number of hydrogen-bond donors (Lipinski definition) is 5. The van der Waals surface area contributed by atoms with Crippen LogP contribution in [0.5, 0.6) is 0 Å². The third-order valence-electron chi connectivity index (χ3n) is 7.10. The summed E-state index contributed by atoms with van der Waals surface area (Å²) in [6.45, 7) is 5.02. The largest absolute Gasteiger partial charge is 0.465 e. The lowest BCUT2D eigenvalue weighted by Crippen LogP contribution is -2.56. The monoisotopic (exact) mass is 524 g/mol. The van der Waals surface area contributed by atoms with Crippen LogP contribution in [0.1, 0.15) is 38.7 Å². The molecule has 4 amide bonds. The van der Waals surface area contributed by atoms with Crippen molar-refractivity contribution >= 4 is 34.6 Å². The molecular formula is C28H36N4O6. The van der Waals surface area contributed by atoms with Crippen LogP contribution in [0, 0.1) is 11.8 Å². The van der Waals surface area contributed by atoms with Crippen LogP contribution in [-0.2, 0) is 25.5 Å². The molecule has 10 heteroatoms. The summed E-state index contributed by atoms with van der Waals surface area (Å²) in [4.78, 5) is 50.4. The van der Waals surface area contributed by atoms with E-state index in [4.69, 9.17) is 4.74 Å². The predicted molar refractivity (Wildman–Crippen MR) is 141 cm³/mol. The second-order valence-electron chi connectivity index (χ2n) is 10.5. The molecule has 5 atom stereocenters. The van der Waals surface area contributed by atoms with Crippen molar-refractivity contribution in [3.05, 3.63) is 48.0 Å². The number of carbonyl (C=O) groups excluding carboxylic acids is 3. The number of rotatable bonds is 12. The van der Waals surface area contributed by atoms with Crippen molar-refractivity contribution in [3.8, 4) is 0 Å². The number of carbonyl (C=O) groups is 4. The Morgan fingerprint density at radius 2 is 1.74 bits per heavy atom. The Morgan fingerprint density at radius 1 is 1.03 bits per heavy atom. The highest BCUT2D eigenvalue weighted by Crippen LogP contribution is 2.24. The van der Waals surface area contributed by atoms with E-state index in [9.17, 15) is 24.3 Å². The molecule has 204 valence electrons. The van der Waals surface area contributed by atoms with Gasteiger partial charge < -0.3 is 31.1 Å². The van der Waals surface area contributed by atoms with Crippen LogP contribution in [-0.4, -0.2) is 66.3 Å². The lowest BCUT2D eigenvalue weighted by Gasteiger charge is -2.26. The van der Waals surface area contributed by atoms with Crippen LogP contribution in [0.15, 0.2) is 42.5 Å². The van der Waals surface area contributed by atoms with Gasteiger partial charge >= 0.3 is 6.09 Å². The number of nitrogens with one attached hydrogen (secondary N) is 4. The van der Waals surface area contributed by atoms with Gasteiger partial charge in [0.15, 0.2) is 0 Å². The van der Waals surface area contributed by atoms with Gasteiger partial charge in [-0.25, -0.2) is 4.79 Å². The van der Waals surface area contributed by atoms with Crippen molar-refractivity contribution in [2.45, 2.75) is 63.8 Å². The molecule has 2 saturated heterocycles. The van der Waals surface area contributed by atoms with E-state index in [2.05, 4.69) is 21.3 Å². The van der Waals surface area contributed by atoms with Crippen LogP contribution >= 0.6 is 0 Å². The smallest absolute Gasteiger partial charge is 0.405 e. The fourth-order valence-corrected chi connectivity index (χ4v) is 5.08. The van der Waals surface area contributed by atoms with Gasteiger partial charge in [-0.05, 0) is 41.5 Å². The molecule has 0 aliphatic carbocycles. The third-order valence-corrected chi connectivity index (χ3v) is 7.10. The summed E-state index contributed by atoms with van der Waals surface area (Å²) in [6.07, 6.45) is 0.195. The number of benzene rings is 2. The summed E-state index contributed by atoms with van der Waals surface area (Å²) in [6, 6.07) is 11.1. The first kappa shape index (κ1) is 27.4. The van der Waals surface area contributed by atoms with Crippen LogP contribution in [0.3, 0.4) is 0 Å². The average Bonchev–Trinajstić information content (AvgIpc) is 3.64. The lowest BCUT2D eigenvalue weighted by molar-refractivity contribution is -0.131. The van der Waals surface area contributed by atoms with Crippen molar-refractivity contribution in [3.63, 3.8) is 0 Å². The van der Waals surface area contributed by atoms with E-state index in [1.807, 2.05) is 56.3 Å². The van der Waals surface area contributed by atoms with E-state index in [0.29, 0.717) is 32.4 Å². The van der Waals surface area contributed by atoms with Crippen LogP contribution in [0.4, 0.5) is 4.79 Å². The molecule has 2 aromatic rings. The van der Waals surface area contributed by atoms with E-state index in [1.54, 1.807) is 0 Å². The number of fused-ring (bicyclic) bond motifs is 1. The molecule has 4 rings (SSSR count).